The van der Waals surface area contributed by atoms with Crippen LogP contribution in [0.1, 0.15) is 30.1 Å². The van der Waals surface area contributed by atoms with Crippen molar-refractivity contribution in [3.8, 4) is 0 Å². The van der Waals surface area contributed by atoms with Gasteiger partial charge in [-0.15, -0.1) is 0 Å². The number of benzene rings is 1. The standard InChI is InChI=1S/C14H16F2N2O3/c1-2-8-3-4-18(7-8)14(21)17-12-5-9(13(19)20)10(15)6-11(12)16/h5-6,8H,2-4,7H2,1H3,(H,17,21)(H,19,20). The number of urea groups is 1. The Hall–Kier alpha value is -2.18. The van der Waals surface area contributed by atoms with E-state index >= 15 is 0 Å². The molecule has 21 heavy (non-hydrogen) atoms. The molecule has 1 aromatic carbocycles. The zero-order chi connectivity index (χ0) is 15.6. The van der Waals surface area contributed by atoms with E-state index in [2.05, 4.69) is 5.32 Å². The zero-order valence-electron chi connectivity index (χ0n) is 11.5. The summed E-state index contributed by atoms with van der Waals surface area (Å²) < 4.78 is 26.9. The fourth-order valence-corrected chi connectivity index (χ4v) is 2.35. The van der Waals surface area contributed by atoms with Crippen LogP contribution in [0.15, 0.2) is 12.1 Å². The molecule has 1 aliphatic heterocycles. The number of carboxylic acid groups (broad SMARTS) is 1. The molecule has 1 aromatic rings. The Morgan fingerprint density at radius 1 is 1.38 bits per heavy atom. The van der Waals surface area contributed by atoms with Crippen LogP contribution in [0.2, 0.25) is 0 Å². The first kappa shape index (κ1) is 15.2. The number of carbonyl (C=O) groups excluding carboxylic acids is 1. The summed E-state index contributed by atoms with van der Waals surface area (Å²) in [5, 5.41) is 11.1. The minimum absolute atomic E-state index is 0.334. The molecule has 1 fully saturated rings. The summed E-state index contributed by atoms with van der Waals surface area (Å²) in [6.45, 7) is 3.18. The monoisotopic (exact) mass is 298 g/mol. The summed E-state index contributed by atoms with van der Waals surface area (Å²) in [6, 6.07) is 0.740. The van der Waals surface area contributed by atoms with Gasteiger partial charge in [-0.1, -0.05) is 13.3 Å². The number of hydrogen-bond acceptors (Lipinski definition) is 2. The molecule has 1 saturated heterocycles. The predicted molar refractivity (Wildman–Crippen MR) is 72.3 cm³/mol. The smallest absolute Gasteiger partial charge is 0.338 e. The molecule has 114 valence electrons. The van der Waals surface area contributed by atoms with E-state index in [1.165, 1.54) is 4.90 Å². The summed E-state index contributed by atoms with van der Waals surface area (Å²) in [7, 11) is 0. The number of carboxylic acids is 1. The number of anilines is 1. The molecule has 0 saturated carbocycles. The van der Waals surface area contributed by atoms with E-state index in [1.54, 1.807) is 0 Å². The van der Waals surface area contributed by atoms with Gasteiger partial charge in [-0.2, -0.15) is 0 Å². The lowest BCUT2D eigenvalue weighted by molar-refractivity contribution is 0.0691. The number of nitrogens with zero attached hydrogens (tertiary/aromatic N) is 1. The highest BCUT2D eigenvalue weighted by Gasteiger charge is 2.26. The minimum Gasteiger partial charge on any atom is -0.478 e. The highest BCUT2D eigenvalue weighted by atomic mass is 19.1. The van der Waals surface area contributed by atoms with Gasteiger partial charge in [0.15, 0.2) is 0 Å². The van der Waals surface area contributed by atoms with Crippen molar-refractivity contribution in [2.45, 2.75) is 19.8 Å². The maximum Gasteiger partial charge on any atom is 0.338 e. The Kier molecular flexibility index (Phi) is 4.40. The Labute approximate surface area is 120 Å². The molecule has 1 heterocycles. The Morgan fingerprint density at radius 2 is 2.10 bits per heavy atom. The van der Waals surface area contributed by atoms with E-state index in [0.29, 0.717) is 25.1 Å². The van der Waals surface area contributed by atoms with Crippen LogP contribution in [-0.4, -0.2) is 35.1 Å². The van der Waals surface area contributed by atoms with Gasteiger partial charge in [-0.25, -0.2) is 18.4 Å². The average Bonchev–Trinajstić information content (AvgIpc) is 2.90. The van der Waals surface area contributed by atoms with Crippen LogP contribution in [-0.2, 0) is 0 Å². The van der Waals surface area contributed by atoms with Crippen molar-refractivity contribution in [2.24, 2.45) is 5.92 Å². The second-order valence-electron chi connectivity index (χ2n) is 5.06. The van der Waals surface area contributed by atoms with Crippen LogP contribution in [0, 0.1) is 17.6 Å². The zero-order valence-corrected chi connectivity index (χ0v) is 11.5. The number of nitrogens with one attached hydrogen (secondary N) is 1. The highest BCUT2D eigenvalue weighted by molar-refractivity contribution is 5.93. The van der Waals surface area contributed by atoms with Gasteiger partial charge in [0.25, 0.3) is 0 Å². The van der Waals surface area contributed by atoms with E-state index in [0.717, 1.165) is 18.9 Å². The van der Waals surface area contributed by atoms with Crippen molar-refractivity contribution in [3.63, 3.8) is 0 Å². The number of carbonyl (C=O) groups is 2. The molecule has 5 nitrogen and oxygen atoms in total. The number of likely N-dealkylation sites (tertiary alicyclic amines) is 1. The number of rotatable bonds is 3. The highest BCUT2D eigenvalue weighted by Crippen LogP contribution is 2.23. The van der Waals surface area contributed by atoms with Gasteiger partial charge in [0.1, 0.15) is 11.6 Å². The second-order valence-corrected chi connectivity index (χ2v) is 5.06. The molecule has 1 unspecified atom stereocenters. The van der Waals surface area contributed by atoms with Gasteiger partial charge in [0.2, 0.25) is 0 Å². The van der Waals surface area contributed by atoms with Gasteiger partial charge in [0, 0.05) is 19.2 Å². The Morgan fingerprint density at radius 3 is 2.67 bits per heavy atom. The number of halogens is 2. The quantitative estimate of drug-likeness (QED) is 0.901. The van der Waals surface area contributed by atoms with Crippen molar-refractivity contribution in [1.82, 2.24) is 4.90 Å². The lowest BCUT2D eigenvalue weighted by Crippen LogP contribution is -2.33. The second kappa shape index (κ2) is 6.07. The molecule has 1 aliphatic rings. The fraction of sp³-hybridized carbons (Fsp3) is 0.429. The topological polar surface area (TPSA) is 69.6 Å². The molecule has 2 N–H and O–H groups in total. The lowest BCUT2D eigenvalue weighted by Gasteiger charge is -2.17. The van der Waals surface area contributed by atoms with Crippen molar-refractivity contribution in [3.05, 3.63) is 29.3 Å². The maximum atomic E-state index is 13.6. The van der Waals surface area contributed by atoms with E-state index in [9.17, 15) is 18.4 Å². The van der Waals surface area contributed by atoms with Crippen LogP contribution >= 0.6 is 0 Å². The molecule has 0 spiro atoms. The molecule has 0 bridgehead atoms. The molecular formula is C14H16F2N2O3. The van der Waals surface area contributed by atoms with E-state index < -0.39 is 29.2 Å². The van der Waals surface area contributed by atoms with Crippen molar-refractivity contribution >= 4 is 17.7 Å². The Balaban J connectivity index is 2.14. The minimum atomic E-state index is -1.52. The van der Waals surface area contributed by atoms with Crippen molar-refractivity contribution in [1.29, 1.82) is 0 Å². The molecule has 2 rings (SSSR count). The number of aromatic carboxylic acids is 1. The molecule has 0 radical (unpaired) electrons. The third kappa shape index (κ3) is 3.29. The number of amides is 2. The van der Waals surface area contributed by atoms with Gasteiger partial charge in [0.05, 0.1) is 11.3 Å². The van der Waals surface area contributed by atoms with E-state index in [-0.39, 0.29) is 5.69 Å². The number of hydrogen-bond donors (Lipinski definition) is 2. The van der Waals surface area contributed by atoms with Gasteiger partial charge in [-0.3, -0.25) is 0 Å². The molecule has 1 atom stereocenters. The third-order valence-electron chi connectivity index (χ3n) is 3.68. The first-order valence-corrected chi connectivity index (χ1v) is 6.70. The molecule has 0 aliphatic carbocycles. The maximum absolute atomic E-state index is 13.6. The molecular weight excluding hydrogens is 282 g/mol. The van der Waals surface area contributed by atoms with Crippen molar-refractivity contribution in [2.75, 3.05) is 18.4 Å². The predicted octanol–water partition coefficient (Wildman–Crippen LogP) is 2.93. The van der Waals surface area contributed by atoms with Crippen molar-refractivity contribution < 1.29 is 23.5 Å². The summed E-state index contributed by atoms with van der Waals surface area (Å²) in [5.74, 6) is -3.28. The first-order valence-electron chi connectivity index (χ1n) is 6.70. The summed E-state index contributed by atoms with van der Waals surface area (Å²) in [4.78, 5) is 24.4. The summed E-state index contributed by atoms with van der Waals surface area (Å²) >= 11 is 0. The first-order chi connectivity index (χ1) is 9.92. The van der Waals surface area contributed by atoms with Crippen LogP contribution < -0.4 is 5.32 Å². The largest absolute Gasteiger partial charge is 0.478 e. The lowest BCUT2D eigenvalue weighted by atomic mass is 10.1. The third-order valence-corrected chi connectivity index (χ3v) is 3.68. The summed E-state index contributed by atoms with van der Waals surface area (Å²) in [5.41, 5.74) is -1.02. The van der Waals surface area contributed by atoms with Gasteiger partial charge in [-0.05, 0) is 18.4 Å². The SMILES string of the molecule is CCC1CCN(C(=O)Nc2cc(C(=O)O)c(F)cc2F)C1. The molecule has 2 amide bonds. The van der Waals surface area contributed by atoms with Gasteiger partial charge < -0.3 is 15.3 Å². The Bertz CT molecular complexity index is 578. The van der Waals surface area contributed by atoms with Gasteiger partial charge >= 0.3 is 12.0 Å². The van der Waals surface area contributed by atoms with Crippen LogP contribution in [0.3, 0.4) is 0 Å². The normalized spacial score (nSPS) is 17.9. The fourth-order valence-electron chi connectivity index (χ4n) is 2.35. The average molecular weight is 298 g/mol. The van der Waals surface area contributed by atoms with Crippen LogP contribution in [0.4, 0.5) is 19.3 Å². The summed E-state index contributed by atoms with van der Waals surface area (Å²) in [6.07, 6.45) is 1.84. The van der Waals surface area contributed by atoms with Crippen LogP contribution in [0.25, 0.3) is 0 Å². The molecule has 0 aromatic heterocycles. The van der Waals surface area contributed by atoms with Crippen LogP contribution in [0.5, 0.6) is 0 Å². The van der Waals surface area contributed by atoms with E-state index in [1.807, 2.05) is 6.92 Å². The molecule has 7 heteroatoms. The van der Waals surface area contributed by atoms with E-state index in [4.69, 9.17) is 5.11 Å².